The third-order valence-corrected chi connectivity index (χ3v) is 3.50. The summed E-state index contributed by atoms with van der Waals surface area (Å²) < 4.78 is 5.05. The molecule has 0 saturated heterocycles. The summed E-state index contributed by atoms with van der Waals surface area (Å²) in [5.74, 6) is -1.17. The van der Waals surface area contributed by atoms with Crippen LogP contribution in [0.3, 0.4) is 0 Å². The Labute approximate surface area is 138 Å². The van der Waals surface area contributed by atoms with Crippen LogP contribution in [0, 0.1) is 6.92 Å². The van der Waals surface area contributed by atoms with Gasteiger partial charge in [0.2, 0.25) is 0 Å². The molecule has 5 nitrogen and oxygen atoms in total. The van der Waals surface area contributed by atoms with Crippen molar-refractivity contribution in [3.63, 3.8) is 0 Å². The second kappa shape index (κ2) is 7.65. The van der Waals surface area contributed by atoms with Gasteiger partial charge in [0.05, 0.1) is 0 Å². The molecule has 0 bridgehead atoms. The Bertz CT molecular complexity index is 703. The molecule has 6 heteroatoms. The van der Waals surface area contributed by atoms with E-state index >= 15 is 0 Å². The predicted molar refractivity (Wildman–Crippen MR) is 86.3 cm³/mol. The van der Waals surface area contributed by atoms with Gasteiger partial charge in [0.25, 0.3) is 0 Å². The maximum atomic E-state index is 11.9. The molecular formula is C17H16ClNO4. The van der Waals surface area contributed by atoms with Gasteiger partial charge in [-0.15, -0.1) is 0 Å². The van der Waals surface area contributed by atoms with Crippen molar-refractivity contribution in [3.05, 3.63) is 70.2 Å². The van der Waals surface area contributed by atoms with Crippen molar-refractivity contribution in [2.45, 2.75) is 19.6 Å². The number of carboxylic acid groups (broad SMARTS) is 1. The van der Waals surface area contributed by atoms with Gasteiger partial charge in [-0.3, -0.25) is 0 Å². The van der Waals surface area contributed by atoms with Gasteiger partial charge in [0.15, 0.2) is 6.04 Å². The molecule has 0 radical (unpaired) electrons. The first kappa shape index (κ1) is 16.8. The number of rotatable bonds is 5. The molecule has 1 unspecified atom stereocenters. The number of benzene rings is 2. The van der Waals surface area contributed by atoms with Crippen LogP contribution in [0.2, 0.25) is 5.02 Å². The Hall–Kier alpha value is -2.53. The van der Waals surface area contributed by atoms with Gasteiger partial charge >= 0.3 is 12.1 Å². The first-order valence-corrected chi connectivity index (χ1v) is 7.31. The fraction of sp³-hybridized carbons (Fsp3) is 0.176. The van der Waals surface area contributed by atoms with Crippen LogP contribution in [0.15, 0.2) is 48.5 Å². The molecule has 2 aromatic rings. The highest BCUT2D eigenvalue weighted by atomic mass is 35.5. The topological polar surface area (TPSA) is 75.6 Å². The van der Waals surface area contributed by atoms with E-state index < -0.39 is 18.1 Å². The van der Waals surface area contributed by atoms with E-state index in [1.54, 1.807) is 25.1 Å². The van der Waals surface area contributed by atoms with Crippen molar-refractivity contribution in [2.75, 3.05) is 0 Å². The number of alkyl carbamates (subject to hydrolysis) is 1. The van der Waals surface area contributed by atoms with Crippen molar-refractivity contribution in [2.24, 2.45) is 0 Å². The molecule has 0 aromatic heterocycles. The summed E-state index contributed by atoms with van der Waals surface area (Å²) in [4.78, 5) is 23.3. The standard InChI is InChI=1S/C17H16ClNO4/c1-11-9-13(18)7-8-14(11)15(16(20)21)19-17(22)23-10-12-5-3-2-4-6-12/h2-9,15H,10H2,1H3,(H,19,22)(H,20,21). The Morgan fingerprint density at radius 1 is 1.22 bits per heavy atom. The molecule has 0 heterocycles. The average molecular weight is 334 g/mol. The zero-order valence-electron chi connectivity index (χ0n) is 12.5. The first-order chi connectivity index (χ1) is 11.0. The molecule has 0 saturated carbocycles. The van der Waals surface area contributed by atoms with E-state index in [9.17, 15) is 14.7 Å². The van der Waals surface area contributed by atoms with E-state index in [1.165, 1.54) is 0 Å². The Kier molecular flexibility index (Phi) is 5.60. The molecule has 1 amide bonds. The van der Waals surface area contributed by atoms with Gasteiger partial charge in [-0.1, -0.05) is 48.0 Å². The fourth-order valence-electron chi connectivity index (χ4n) is 2.12. The second-order valence-corrected chi connectivity index (χ2v) is 5.41. The van der Waals surface area contributed by atoms with Gasteiger partial charge in [-0.05, 0) is 35.7 Å². The fourth-order valence-corrected chi connectivity index (χ4v) is 2.34. The smallest absolute Gasteiger partial charge is 0.408 e. The number of carboxylic acids is 1. The van der Waals surface area contributed by atoms with Gasteiger partial charge < -0.3 is 15.2 Å². The number of aliphatic carboxylic acids is 1. The van der Waals surface area contributed by atoms with E-state index in [4.69, 9.17) is 16.3 Å². The van der Waals surface area contributed by atoms with E-state index in [2.05, 4.69) is 5.32 Å². The quantitative estimate of drug-likeness (QED) is 0.874. The van der Waals surface area contributed by atoms with Gasteiger partial charge in [-0.2, -0.15) is 0 Å². The summed E-state index contributed by atoms with van der Waals surface area (Å²) >= 11 is 5.87. The van der Waals surface area contributed by atoms with Gasteiger partial charge in [0.1, 0.15) is 6.61 Å². The van der Waals surface area contributed by atoms with Crippen LogP contribution in [-0.4, -0.2) is 17.2 Å². The summed E-state index contributed by atoms with van der Waals surface area (Å²) in [5, 5.41) is 12.2. The predicted octanol–water partition coefficient (Wildman–Crippen LogP) is 3.70. The lowest BCUT2D eigenvalue weighted by Crippen LogP contribution is -2.34. The number of hydrogen-bond acceptors (Lipinski definition) is 3. The molecule has 2 N–H and O–H groups in total. The van der Waals surface area contributed by atoms with Crippen LogP contribution in [0.25, 0.3) is 0 Å². The maximum Gasteiger partial charge on any atom is 0.408 e. The molecular weight excluding hydrogens is 318 g/mol. The van der Waals surface area contributed by atoms with Crippen LogP contribution < -0.4 is 5.32 Å². The Balaban J connectivity index is 2.04. The number of nitrogens with one attached hydrogen (secondary N) is 1. The Morgan fingerprint density at radius 2 is 1.91 bits per heavy atom. The third kappa shape index (κ3) is 4.72. The summed E-state index contributed by atoms with van der Waals surface area (Å²) in [7, 11) is 0. The minimum Gasteiger partial charge on any atom is -0.479 e. The lowest BCUT2D eigenvalue weighted by molar-refractivity contribution is -0.139. The minimum absolute atomic E-state index is 0.0681. The number of carbonyl (C=O) groups excluding carboxylic acids is 1. The highest BCUT2D eigenvalue weighted by Gasteiger charge is 2.24. The molecule has 0 fully saturated rings. The highest BCUT2D eigenvalue weighted by molar-refractivity contribution is 6.30. The summed E-state index contributed by atoms with van der Waals surface area (Å²) in [6.45, 7) is 1.80. The van der Waals surface area contributed by atoms with Gasteiger partial charge in [0, 0.05) is 5.02 Å². The van der Waals surface area contributed by atoms with Crippen molar-refractivity contribution < 1.29 is 19.4 Å². The number of halogens is 1. The zero-order chi connectivity index (χ0) is 16.8. The average Bonchev–Trinajstić information content (AvgIpc) is 2.52. The number of hydrogen-bond donors (Lipinski definition) is 2. The number of ether oxygens (including phenoxy) is 1. The molecule has 23 heavy (non-hydrogen) atoms. The highest BCUT2D eigenvalue weighted by Crippen LogP contribution is 2.22. The summed E-state index contributed by atoms with van der Waals surface area (Å²) in [5.41, 5.74) is 1.95. The van der Waals surface area contributed by atoms with E-state index in [-0.39, 0.29) is 6.61 Å². The molecule has 0 aliphatic carbocycles. The lowest BCUT2D eigenvalue weighted by Gasteiger charge is -2.17. The molecule has 2 rings (SSSR count). The lowest BCUT2D eigenvalue weighted by atomic mass is 10.0. The van der Waals surface area contributed by atoms with Crippen LogP contribution in [0.1, 0.15) is 22.7 Å². The van der Waals surface area contributed by atoms with E-state index in [0.717, 1.165) is 5.56 Å². The molecule has 0 aliphatic heterocycles. The molecule has 120 valence electrons. The summed E-state index contributed by atoms with van der Waals surface area (Å²) in [6.07, 6.45) is -0.796. The Morgan fingerprint density at radius 3 is 2.52 bits per heavy atom. The largest absolute Gasteiger partial charge is 0.479 e. The van der Waals surface area contributed by atoms with Crippen molar-refractivity contribution >= 4 is 23.7 Å². The number of aryl methyl sites for hydroxylation is 1. The number of amides is 1. The van der Waals surface area contributed by atoms with Crippen LogP contribution in [0.5, 0.6) is 0 Å². The van der Waals surface area contributed by atoms with Gasteiger partial charge in [-0.25, -0.2) is 9.59 Å². The van der Waals surface area contributed by atoms with Crippen molar-refractivity contribution in [3.8, 4) is 0 Å². The third-order valence-electron chi connectivity index (χ3n) is 3.26. The van der Waals surface area contributed by atoms with E-state index in [1.807, 2.05) is 30.3 Å². The first-order valence-electron chi connectivity index (χ1n) is 6.93. The molecule has 0 aliphatic rings. The van der Waals surface area contributed by atoms with Crippen LogP contribution >= 0.6 is 11.6 Å². The second-order valence-electron chi connectivity index (χ2n) is 4.98. The molecule has 1 atom stereocenters. The van der Waals surface area contributed by atoms with Crippen molar-refractivity contribution in [1.29, 1.82) is 0 Å². The molecule has 2 aromatic carbocycles. The van der Waals surface area contributed by atoms with Crippen molar-refractivity contribution in [1.82, 2.24) is 5.32 Å². The number of carbonyl (C=O) groups is 2. The minimum atomic E-state index is -1.20. The van der Waals surface area contributed by atoms with E-state index in [0.29, 0.717) is 16.1 Å². The normalized spacial score (nSPS) is 11.6. The monoisotopic (exact) mass is 333 g/mol. The SMILES string of the molecule is Cc1cc(Cl)ccc1C(NC(=O)OCc1ccccc1)C(=O)O. The van der Waals surface area contributed by atoms with Crippen LogP contribution in [0.4, 0.5) is 4.79 Å². The van der Waals surface area contributed by atoms with Crippen LogP contribution in [-0.2, 0) is 16.1 Å². The summed E-state index contributed by atoms with van der Waals surface area (Å²) in [6, 6.07) is 12.7. The molecule has 0 spiro atoms. The zero-order valence-corrected chi connectivity index (χ0v) is 13.2. The maximum absolute atomic E-state index is 11.9.